The van der Waals surface area contributed by atoms with Crippen LogP contribution in [-0.4, -0.2) is 61.7 Å². The average Bonchev–Trinajstić information content (AvgIpc) is 2.94. The van der Waals surface area contributed by atoms with Gasteiger partial charge in [0.2, 0.25) is 21.8 Å². The van der Waals surface area contributed by atoms with Crippen molar-refractivity contribution in [1.82, 2.24) is 19.8 Å². The molecule has 0 aromatic heterocycles. The van der Waals surface area contributed by atoms with E-state index in [1.165, 1.54) is 34.7 Å². The van der Waals surface area contributed by atoms with E-state index in [1.807, 2.05) is 12.1 Å². The van der Waals surface area contributed by atoms with Crippen molar-refractivity contribution in [3.05, 3.63) is 64.7 Å². The first-order valence-electron chi connectivity index (χ1n) is 15.1. The number of hydrogen-bond acceptors (Lipinski definition) is 5. The molecular weight excluding hydrogens is 536 g/mol. The maximum Gasteiger partial charge on any atom is 0.243 e. The summed E-state index contributed by atoms with van der Waals surface area (Å²) in [5.41, 5.74) is 4.63. The van der Waals surface area contributed by atoms with Crippen LogP contribution in [0.3, 0.4) is 0 Å². The predicted molar refractivity (Wildman–Crippen MR) is 160 cm³/mol. The van der Waals surface area contributed by atoms with Crippen molar-refractivity contribution in [3.63, 3.8) is 0 Å². The van der Waals surface area contributed by atoms with E-state index in [9.17, 15) is 18.0 Å². The molecule has 0 saturated carbocycles. The summed E-state index contributed by atoms with van der Waals surface area (Å²) < 4.78 is 28.4. The van der Waals surface area contributed by atoms with Gasteiger partial charge in [0.1, 0.15) is 6.04 Å². The number of rotatable bonds is 7. The molecule has 2 N–H and O–H groups in total. The van der Waals surface area contributed by atoms with Gasteiger partial charge in [-0.15, -0.1) is 0 Å². The zero-order valence-electron chi connectivity index (χ0n) is 24.6. The monoisotopic (exact) mass is 580 g/mol. The van der Waals surface area contributed by atoms with Gasteiger partial charge in [-0.1, -0.05) is 57.5 Å². The number of benzene rings is 2. The summed E-state index contributed by atoms with van der Waals surface area (Å²) in [5.74, 6) is -0.752. The Balaban J connectivity index is 1.27. The molecule has 2 saturated heterocycles. The van der Waals surface area contributed by atoms with Crippen LogP contribution in [0, 0.1) is 0 Å². The van der Waals surface area contributed by atoms with Crippen molar-refractivity contribution in [2.24, 2.45) is 0 Å². The number of sulfonamides is 1. The van der Waals surface area contributed by atoms with Crippen LogP contribution < -0.4 is 10.6 Å². The molecule has 2 amide bonds. The molecular formula is C32H44N4O4S. The van der Waals surface area contributed by atoms with Gasteiger partial charge in [-0.25, -0.2) is 8.42 Å². The van der Waals surface area contributed by atoms with Gasteiger partial charge in [0.15, 0.2) is 0 Å². The molecule has 1 aliphatic carbocycles. The molecule has 8 nitrogen and oxygen atoms in total. The lowest BCUT2D eigenvalue weighted by atomic mass is 9.86. The number of piperazine rings is 1. The fourth-order valence-corrected chi connectivity index (χ4v) is 7.95. The van der Waals surface area contributed by atoms with Gasteiger partial charge in [0.05, 0.1) is 17.4 Å². The topological polar surface area (TPSA) is 98.8 Å². The summed E-state index contributed by atoms with van der Waals surface area (Å²) in [6.07, 6.45) is 6.41. The van der Waals surface area contributed by atoms with Crippen LogP contribution in [0.2, 0.25) is 0 Å². The Morgan fingerprint density at radius 3 is 2.44 bits per heavy atom. The van der Waals surface area contributed by atoms with Crippen LogP contribution in [0.25, 0.3) is 0 Å². The highest BCUT2D eigenvalue weighted by atomic mass is 32.2. The Bertz CT molecular complexity index is 1360. The first-order chi connectivity index (χ1) is 19.5. The average molecular weight is 581 g/mol. The Morgan fingerprint density at radius 1 is 1.00 bits per heavy atom. The molecule has 9 heteroatoms. The molecule has 0 spiro atoms. The van der Waals surface area contributed by atoms with Gasteiger partial charge in [-0.3, -0.25) is 14.5 Å². The molecule has 0 bridgehead atoms. The minimum absolute atomic E-state index is 0.111. The molecule has 3 aliphatic rings. The normalized spacial score (nSPS) is 22.6. The Hall–Kier alpha value is -2.75. The lowest BCUT2D eigenvalue weighted by Crippen LogP contribution is -2.58. The van der Waals surface area contributed by atoms with E-state index in [0.717, 1.165) is 50.0 Å². The molecule has 2 aromatic carbocycles. The molecule has 2 heterocycles. The minimum atomic E-state index is -3.96. The second-order valence-corrected chi connectivity index (χ2v) is 14.7. The summed E-state index contributed by atoms with van der Waals surface area (Å²) >= 11 is 0. The molecule has 0 radical (unpaired) electrons. The third-order valence-corrected chi connectivity index (χ3v) is 10.6. The van der Waals surface area contributed by atoms with E-state index >= 15 is 0 Å². The fourth-order valence-electron chi connectivity index (χ4n) is 6.36. The summed E-state index contributed by atoms with van der Waals surface area (Å²) in [7, 11) is -3.96. The molecule has 2 aliphatic heterocycles. The van der Waals surface area contributed by atoms with Gasteiger partial charge in [0, 0.05) is 19.6 Å². The summed E-state index contributed by atoms with van der Waals surface area (Å²) in [6.45, 7) is 9.81. The highest BCUT2D eigenvalue weighted by molar-refractivity contribution is 7.89. The second kappa shape index (κ2) is 12.2. The van der Waals surface area contributed by atoms with Crippen LogP contribution in [-0.2, 0) is 38.0 Å². The van der Waals surface area contributed by atoms with Crippen molar-refractivity contribution in [3.8, 4) is 0 Å². The number of likely N-dealkylation sites (tertiary alicyclic amines) is 1. The first kappa shape index (κ1) is 29.7. The SMILES string of the molecule is CC(C)(C)c1ccc(S(=O)(=O)N2CCNC(=O)C2CC(=O)N[C@@H]2CCCc3cc(CN4CCCCC4)ccc32)cc1. The summed E-state index contributed by atoms with van der Waals surface area (Å²) in [5, 5.41) is 5.88. The largest absolute Gasteiger partial charge is 0.353 e. The molecule has 5 rings (SSSR count). The highest BCUT2D eigenvalue weighted by Crippen LogP contribution is 2.32. The van der Waals surface area contributed by atoms with E-state index < -0.39 is 22.0 Å². The zero-order chi connectivity index (χ0) is 29.2. The van der Waals surface area contributed by atoms with Gasteiger partial charge in [-0.2, -0.15) is 4.31 Å². The molecule has 2 aromatic rings. The molecule has 41 heavy (non-hydrogen) atoms. The van der Waals surface area contributed by atoms with Gasteiger partial charge < -0.3 is 10.6 Å². The van der Waals surface area contributed by atoms with Crippen molar-refractivity contribution < 1.29 is 18.0 Å². The van der Waals surface area contributed by atoms with Crippen molar-refractivity contribution in [1.29, 1.82) is 0 Å². The molecule has 222 valence electrons. The predicted octanol–water partition coefficient (Wildman–Crippen LogP) is 4.04. The minimum Gasteiger partial charge on any atom is -0.353 e. The maximum absolute atomic E-state index is 13.6. The number of nitrogens with zero attached hydrogens (tertiary/aromatic N) is 2. The van der Waals surface area contributed by atoms with Crippen molar-refractivity contribution >= 4 is 21.8 Å². The van der Waals surface area contributed by atoms with E-state index in [0.29, 0.717) is 0 Å². The first-order valence-corrected chi connectivity index (χ1v) is 16.5. The molecule has 2 atom stereocenters. The maximum atomic E-state index is 13.6. The lowest BCUT2D eigenvalue weighted by Gasteiger charge is -2.34. The van der Waals surface area contributed by atoms with Crippen LogP contribution in [0.15, 0.2) is 47.4 Å². The summed E-state index contributed by atoms with van der Waals surface area (Å²) in [6, 6.07) is 12.2. The van der Waals surface area contributed by atoms with Crippen LogP contribution in [0.1, 0.15) is 87.6 Å². The lowest BCUT2D eigenvalue weighted by molar-refractivity contribution is -0.132. The Labute approximate surface area is 244 Å². The molecule has 1 unspecified atom stereocenters. The van der Waals surface area contributed by atoms with E-state index in [2.05, 4.69) is 54.5 Å². The summed E-state index contributed by atoms with van der Waals surface area (Å²) in [4.78, 5) is 28.9. The fraction of sp³-hybridized carbons (Fsp3) is 0.562. The van der Waals surface area contributed by atoms with Gasteiger partial charge >= 0.3 is 0 Å². The third-order valence-electron chi connectivity index (χ3n) is 8.70. The highest BCUT2D eigenvalue weighted by Gasteiger charge is 2.40. The number of hydrogen-bond donors (Lipinski definition) is 2. The number of carbonyl (C=O) groups excluding carboxylic acids is 2. The number of nitrogens with one attached hydrogen (secondary N) is 2. The van der Waals surface area contributed by atoms with Gasteiger partial charge in [-0.05, 0) is 85.0 Å². The van der Waals surface area contributed by atoms with E-state index in [-0.39, 0.29) is 41.8 Å². The standard InChI is InChI=1S/C32H44N4O4S/c1-32(2,3)25-11-13-26(14-12-25)41(39,40)36-19-16-33-31(38)29(36)21-30(37)34-28-9-7-8-24-20-23(10-15-27(24)28)22-35-17-5-4-6-18-35/h10-15,20,28-29H,4-9,16-19,21-22H2,1-3H3,(H,33,38)(H,34,37)/t28-,29?/m1/s1. The third kappa shape index (κ3) is 6.84. The number of carbonyl (C=O) groups is 2. The smallest absolute Gasteiger partial charge is 0.243 e. The van der Waals surface area contributed by atoms with Crippen LogP contribution >= 0.6 is 0 Å². The van der Waals surface area contributed by atoms with Gasteiger partial charge in [0.25, 0.3) is 0 Å². The second-order valence-electron chi connectivity index (χ2n) is 12.8. The number of amides is 2. The van der Waals surface area contributed by atoms with Crippen molar-refractivity contribution in [2.75, 3.05) is 26.2 Å². The zero-order valence-corrected chi connectivity index (χ0v) is 25.4. The van der Waals surface area contributed by atoms with E-state index in [4.69, 9.17) is 0 Å². The Kier molecular flexibility index (Phi) is 8.87. The van der Waals surface area contributed by atoms with E-state index in [1.54, 1.807) is 12.1 Å². The molecule has 2 fully saturated rings. The van der Waals surface area contributed by atoms with Crippen LogP contribution in [0.4, 0.5) is 0 Å². The quantitative estimate of drug-likeness (QED) is 0.515. The number of piperidine rings is 1. The Morgan fingerprint density at radius 2 is 1.73 bits per heavy atom. The number of aryl methyl sites for hydroxylation is 1. The van der Waals surface area contributed by atoms with Crippen molar-refractivity contribution in [2.45, 2.75) is 94.7 Å². The number of fused-ring (bicyclic) bond motifs is 1. The van der Waals surface area contributed by atoms with Crippen LogP contribution in [0.5, 0.6) is 0 Å².